The topological polar surface area (TPSA) is 46.4 Å². The van der Waals surface area contributed by atoms with E-state index in [0.717, 1.165) is 25.9 Å². The van der Waals surface area contributed by atoms with Gasteiger partial charge in [0.05, 0.1) is 6.54 Å². The molecule has 2 bridgehead atoms. The Balaban J connectivity index is 2.22. The zero-order valence-electron chi connectivity index (χ0n) is 6.70. The first-order chi connectivity index (χ1) is 5.63. The molecule has 3 aliphatic heterocycles. The van der Waals surface area contributed by atoms with Gasteiger partial charge in [-0.3, -0.25) is 15.0 Å². The van der Waals surface area contributed by atoms with Crippen LogP contribution in [-0.2, 0) is 0 Å². The molecule has 3 fully saturated rings. The third-order valence-electron chi connectivity index (χ3n) is 2.96. The Kier molecular flexibility index (Phi) is 1.88. The molecule has 12 heavy (non-hydrogen) atoms. The normalized spacial score (nSPS) is 46.1. The molecule has 3 heterocycles. The van der Waals surface area contributed by atoms with E-state index < -0.39 is 4.45 Å². The zero-order chi connectivity index (χ0) is 8.77. The van der Waals surface area contributed by atoms with E-state index in [1.165, 1.54) is 0 Å². The Morgan fingerprint density at radius 1 is 1.50 bits per heavy atom. The quantitative estimate of drug-likeness (QED) is 0.295. The van der Waals surface area contributed by atoms with Gasteiger partial charge in [-0.05, 0) is 25.9 Å². The van der Waals surface area contributed by atoms with Crippen LogP contribution in [0.15, 0.2) is 0 Å². The lowest BCUT2D eigenvalue weighted by atomic mass is 9.84. The minimum atomic E-state index is -0.844. The third kappa shape index (κ3) is 1.07. The highest BCUT2D eigenvalue weighted by atomic mass is 79.9. The molecule has 0 saturated carbocycles. The van der Waals surface area contributed by atoms with Gasteiger partial charge in [0.1, 0.15) is 0 Å². The Hall–Kier alpha value is -0.160. The van der Waals surface area contributed by atoms with E-state index in [-0.39, 0.29) is 10.8 Å². The van der Waals surface area contributed by atoms with Crippen molar-refractivity contribution in [2.45, 2.75) is 17.3 Å². The van der Waals surface area contributed by atoms with Gasteiger partial charge in [0.2, 0.25) is 0 Å². The number of rotatable bonds is 1. The van der Waals surface area contributed by atoms with Gasteiger partial charge in [0, 0.05) is 26.8 Å². The van der Waals surface area contributed by atoms with Crippen molar-refractivity contribution in [1.82, 2.24) is 4.90 Å². The average Bonchev–Trinajstić information content (AvgIpc) is 2.05. The lowest BCUT2D eigenvalue weighted by molar-refractivity contribution is -0.553. The Morgan fingerprint density at radius 2 is 2.08 bits per heavy atom. The van der Waals surface area contributed by atoms with Crippen molar-refractivity contribution < 1.29 is 4.92 Å². The summed E-state index contributed by atoms with van der Waals surface area (Å²) >= 11 is 3.28. The molecule has 3 rings (SSSR count). The van der Waals surface area contributed by atoms with Crippen LogP contribution in [0.1, 0.15) is 12.8 Å². The molecule has 0 amide bonds. The summed E-state index contributed by atoms with van der Waals surface area (Å²) in [5.74, 6) is 0.234. The maximum Gasteiger partial charge on any atom is 0.289 e. The molecule has 1 unspecified atom stereocenters. The maximum absolute atomic E-state index is 10.8. The van der Waals surface area contributed by atoms with Gasteiger partial charge in [0.15, 0.2) is 0 Å². The van der Waals surface area contributed by atoms with Gasteiger partial charge in [-0.25, -0.2) is 0 Å². The predicted octanol–water partition coefficient (Wildman–Crippen LogP) is 1.08. The lowest BCUT2D eigenvalue weighted by Gasteiger charge is -2.44. The molecule has 0 radical (unpaired) electrons. The Morgan fingerprint density at radius 3 is 2.33 bits per heavy atom. The molecule has 4 nitrogen and oxygen atoms in total. The van der Waals surface area contributed by atoms with Gasteiger partial charge in [-0.2, -0.15) is 0 Å². The summed E-state index contributed by atoms with van der Waals surface area (Å²) in [7, 11) is 0. The molecule has 0 aromatic carbocycles. The van der Waals surface area contributed by atoms with Crippen LogP contribution in [0.2, 0.25) is 0 Å². The zero-order valence-corrected chi connectivity index (χ0v) is 8.29. The largest absolute Gasteiger partial charge is 0.296 e. The molecule has 0 aromatic rings. The summed E-state index contributed by atoms with van der Waals surface area (Å²) in [5.41, 5.74) is 0. The van der Waals surface area contributed by atoms with Crippen LogP contribution in [-0.4, -0.2) is 33.9 Å². The molecule has 0 spiro atoms. The number of nitrogens with zero attached hydrogens (tertiary/aromatic N) is 2. The number of halogens is 1. The fourth-order valence-electron chi connectivity index (χ4n) is 2.18. The molecule has 68 valence electrons. The van der Waals surface area contributed by atoms with Gasteiger partial charge in [-0.1, -0.05) is 0 Å². The van der Waals surface area contributed by atoms with E-state index in [0.29, 0.717) is 6.54 Å². The summed E-state index contributed by atoms with van der Waals surface area (Å²) in [6, 6.07) is 0. The maximum atomic E-state index is 10.8. The number of nitro groups is 1. The van der Waals surface area contributed by atoms with Gasteiger partial charge in [-0.15, -0.1) is 0 Å². The molecular weight excluding hydrogens is 224 g/mol. The summed E-state index contributed by atoms with van der Waals surface area (Å²) in [4.78, 5) is 12.8. The molecule has 3 saturated heterocycles. The molecule has 5 heteroatoms. The number of hydrogen-bond donors (Lipinski definition) is 0. The number of hydrogen-bond acceptors (Lipinski definition) is 3. The van der Waals surface area contributed by atoms with Crippen LogP contribution in [0, 0.1) is 16.0 Å². The van der Waals surface area contributed by atoms with Crippen molar-refractivity contribution in [3.63, 3.8) is 0 Å². The second-order valence-electron chi connectivity index (χ2n) is 3.63. The number of alkyl halides is 1. The summed E-state index contributed by atoms with van der Waals surface area (Å²) < 4.78 is -0.844. The van der Waals surface area contributed by atoms with Crippen molar-refractivity contribution in [3.05, 3.63) is 10.1 Å². The van der Waals surface area contributed by atoms with E-state index in [2.05, 4.69) is 20.8 Å². The Bertz CT molecular complexity index is 215. The van der Waals surface area contributed by atoms with E-state index >= 15 is 0 Å². The van der Waals surface area contributed by atoms with Crippen molar-refractivity contribution in [2.24, 2.45) is 5.92 Å². The van der Waals surface area contributed by atoms with Gasteiger partial charge < -0.3 is 0 Å². The number of fused-ring (bicyclic) bond motifs is 3. The standard InChI is InChI=1S/C7H11BrN2O2/c8-7(10(11)12)5-9-3-1-6(7)2-4-9/h6H,1-5H2. The average molecular weight is 235 g/mol. The predicted molar refractivity (Wildman–Crippen MR) is 47.8 cm³/mol. The van der Waals surface area contributed by atoms with Gasteiger partial charge in [0.25, 0.3) is 4.45 Å². The molecule has 3 aliphatic rings. The molecule has 0 aliphatic carbocycles. The van der Waals surface area contributed by atoms with E-state index in [1.807, 2.05) is 0 Å². The first-order valence-electron chi connectivity index (χ1n) is 4.19. The van der Waals surface area contributed by atoms with Crippen LogP contribution >= 0.6 is 15.9 Å². The SMILES string of the molecule is O=[N+]([O-])C1(Br)CN2CCC1CC2. The van der Waals surface area contributed by atoms with Crippen molar-refractivity contribution in [3.8, 4) is 0 Å². The monoisotopic (exact) mass is 234 g/mol. The van der Waals surface area contributed by atoms with Crippen molar-refractivity contribution in [2.75, 3.05) is 19.6 Å². The summed E-state index contributed by atoms with van der Waals surface area (Å²) in [6.45, 7) is 2.64. The van der Waals surface area contributed by atoms with Crippen molar-refractivity contribution >= 4 is 15.9 Å². The highest BCUT2D eigenvalue weighted by Crippen LogP contribution is 2.41. The van der Waals surface area contributed by atoms with Crippen LogP contribution in [0.3, 0.4) is 0 Å². The first-order valence-corrected chi connectivity index (χ1v) is 4.98. The summed E-state index contributed by atoms with van der Waals surface area (Å²) in [6.07, 6.45) is 1.93. The summed E-state index contributed by atoms with van der Waals surface area (Å²) in [5, 5.41) is 10.8. The fraction of sp³-hybridized carbons (Fsp3) is 1.00. The van der Waals surface area contributed by atoms with E-state index in [1.54, 1.807) is 0 Å². The lowest BCUT2D eigenvalue weighted by Crippen LogP contribution is -2.59. The van der Waals surface area contributed by atoms with Crippen LogP contribution in [0.25, 0.3) is 0 Å². The van der Waals surface area contributed by atoms with Gasteiger partial charge >= 0.3 is 0 Å². The molecular formula is C7H11BrN2O2. The minimum absolute atomic E-state index is 0.164. The minimum Gasteiger partial charge on any atom is -0.296 e. The molecule has 0 aromatic heterocycles. The van der Waals surface area contributed by atoms with Crippen molar-refractivity contribution in [1.29, 1.82) is 0 Å². The van der Waals surface area contributed by atoms with E-state index in [4.69, 9.17) is 0 Å². The molecule has 0 N–H and O–H groups in total. The smallest absolute Gasteiger partial charge is 0.289 e. The Labute approximate surface area is 79.2 Å². The van der Waals surface area contributed by atoms with Crippen LogP contribution < -0.4 is 0 Å². The van der Waals surface area contributed by atoms with E-state index in [9.17, 15) is 10.1 Å². The fourth-order valence-corrected chi connectivity index (χ4v) is 3.00. The third-order valence-corrected chi connectivity index (χ3v) is 4.15. The number of piperidine rings is 3. The second-order valence-corrected chi connectivity index (χ2v) is 5.00. The highest BCUT2D eigenvalue weighted by Gasteiger charge is 2.54. The van der Waals surface area contributed by atoms with Crippen LogP contribution in [0.4, 0.5) is 0 Å². The second kappa shape index (κ2) is 2.67. The highest BCUT2D eigenvalue weighted by molar-refractivity contribution is 9.10. The van der Waals surface area contributed by atoms with Crippen LogP contribution in [0.5, 0.6) is 0 Å². The molecule has 1 atom stereocenters. The first kappa shape index (κ1) is 8.44.